The Hall–Kier alpha value is -4.11. The van der Waals surface area contributed by atoms with Crippen LogP contribution in [0.25, 0.3) is 22.3 Å². The highest BCUT2D eigenvalue weighted by Gasteiger charge is 2.27. The number of anilines is 2. The second-order valence-electron chi connectivity index (χ2n) is 11.0. The monoisotopic (exact) mass is 657 g/mol. The van der Waals surface area contributed by atoms with Gasteiger partial charge in [0.15, 0.2) is 11.6 Å². The first-order chi connectivity index (χ1) is 21.5. The van der Waals surface area contributed by atoms with Crippen LogP contribution in [0.15, 0.2) is 53.7 Å². The first kappa shape index (κ1) is 32.3. The van der Waals surface area contributed by atoms with Crippen molar-refractivity contribution in [2.24, 2.45) is 0 Å². The van der Waals surface area contributed by atoms with Crippen molar-refractivity contribution in [2.45, 2.75) is 56.0 Å². The first-order valence-electron chi connectivity index (χ1n) is 14.2. The molecule has 3 aromatic heterocycles. The standard InChI is InChI=1S/C29H31ClFN7O3S.CH2O2/c1-16(2)29-36-25(18-11-22(31)28(34-12-18)37-42(39,40)24-6-4-3-5-21(24)30)26-27(32)33-13-23(38(26)29)17-7-9-19(10-8-17)35-20-14-41-15-20;2-1-3/h3-7,11-13,16,19-20,35H,8-10,14-15H2,1-2H3,(H2,32,33)(H,34,37);1H,(H,2,3). The molecule has 15 heteroatoms. The van der Waals surface area contributed by atoms with Crippen LogP contribution < -0.4 is 15.8 Å². The Bertz CT molecular complexity index is 1860. The van der Waals surface area contributed by atoms with Gasteiger partial charge in [-0.2, -0.15) is 0 Å². The van der Waals surface area contributed by atoms with Gasteiger partial charge in [0.05, 0.1) is 36.2 Å². The van der Waals surface area contributed by atoms with Crippen molar-refractivity contribution in [3.8, 4) is 11.3 Å². The van der Waals surface area contributed by atoms with Gasteiger partial charge in [0.25, 0.3) is 16.5 Å². The number of nitrogens with zero attached hydrogens (tertiary/aromatic N) is 4. The van der Waals surface area contributed by atoms with Gasteiger partial charge in [-0.25, -0.2) is 27.8 Å². The second-order valence-corrected chi connectivity index (χ2v) is 13.0. The highest BCUT2D eigenvalue weighted by Crippen LogP contribution is 2.36. The van der Waals surface area contributed by atoms with E-state index in [0.29, 0.717) is 28.9 Å². The Balaban J connectivity index is 0.00000128. The molecular formula is C30H33ClFN7O5S. The van der Waals surface area contributed by atoms with Crippen LogP contribution in [-0.2, 0) is 19.6 Å². The highest BCUT2D eigenvalue weighted by atomic mass is 35.5. The number of nitrogens with two attached hydrogens (primary N) is 1. The summed E-state index contributed by atoms with van der Waals surface area (Å²) in [6.45, 7) is 5.32. The molecular weight excluding hydrogens is 625 g/mol. The van der Waals surface area contributed by atoms with E-state index >= 15 is 4.39 Å². The summed E-state index contributed by atoms with van der Waals surface area (Å²) >= 11 is 6.05. The van der Waals surface area contributed by atoms with Gasteiger partial charge in [-0.05, 0) is 43.0 Å². The molecule has 238 valence electrons. The Morgan fingerprint density at radius 2 is 1.93 bits per heavy atom. The van der Waals surface area contributed by atoms with Gasteiger partial charge >= 0.3 is 0 Å². The molecule has 1 unspecified atom stereocenters. The van der Waals surface area contributed by atoms with Crippen LogP contribution in [0.1, 0.15) is 50.5 Å². The van der Waals surface area contributed by atoms with E-state index in [1.54, 1.807) is 12.3 Å². The van der Waals surface area contributed by atoms with Gasteiger partial charge in [-0.3, -0.25) is 13.9 Å². The van der Waals surface area contributed by atoms with Crippen molar-refractivity contribution in [2.75, 3.05) is 23.7 Å². The minimum Gasteiger partial charge on any atom is -0.483 e. The van der Waals surface area contributed by atoms with Gasteiger partial charge in [0.1, 0.15) is 27.7 Å². The number of sulfonamides is 1. The summed E-state index contributed by atoms with van der Waals surface area (Å²) in [5.74, 6) is -0.312. The fraction of sp³-hybridized carbons (Fsp3) is 0.333. The summed E-state index contributed by atoms with van der Waals surface area (Å²) in [4.78, 5) is 21.6. The van der Waals surface area contributed by atoms with Crippen molar-refractivity contribution < 1.29 is 27.4 Å². The maximum absolute atomic E-state index is 15.3. The topological polar surface area (TPSA) is 174 Å². The van der Waals surface area contributed by atoms with Crippen LogP contribution in [0.3, 0.4) is 0 Å². The predicted molar refractivity (Wildman–Crippen MR) is 169 cm³/mol. The van der Waals surface area contributed by atoms with E-state index < -0.39 is 21.7 Å². The summed E-state index contributed by atoms with van der Waals surface area (Å²) < 4.78 is 50.5. The third-order valence-corrected chi connectivity index (χ3v) is 9.39. The summed E-state index contributed by atoms with van der Waals surface area (Å²) in [6, 6.07) is 7.91. The minimum absolute atomic E-state index is 0.0133. The maximum Gasteiger partial charge on any atom is 0.290 e. The minimum atomic E-state index is -4.17. The van der Waals surface area contributed by atoms with E-state index in [1.165, 1.54) is 30.5 Å². The van der Waals surface area contributed by atoms with E-state index in [2.05, 4.69) is 26.1 Å². The maximum atomic E-state index is 15.3. The third kappa shape index (κ3) is 6.78. The van der Waals surface area contributed by atoms with E-state index in [0.717, 1.165) is 49.6 Å². The number of halogens is 2. The molecule has 12 nitrogen and oxygen atoms in total. The van der Waals surface area contributed by atoms with E-state index in [9.17, 15) is 8.42 Å². The van der Waals surface area contributed by atoms with Gasteiger partial charge < -0.3 is 20.9 Å². The number of fused-ring (bicyclic) bond motifs is 1. The zero-order chi connectivity index (χ0) is 32.3. The predicted octanol–water partition coefficient (Wildman–Crippen LogP) is 4.72. The van der Waals surface area contributed by atoms with Crippen molar-refractivity contribution >= 4 is 50.8 Å². The number of rotatable bonds is 8. The number of pyridine rings is 1. The van der Waals surface area contributed by atoms with Gasteiger partial charge in [0.2, 0.25) is 0 Å². The molecule has 1 aliphatic carbocycles. The summed E-state index contributed by atoms with van der Waals surface area (Å²) in [5, 5.41) is 10.6. The van der Waals surface area contributed by atoms with E-state index in [1.807, 2.05) is 18.2 Å². The molecule has 1 aliphatic heterocycles. The quantitative estimate of drug-likeness (QED) is 0.194. The zero-order valence-corrected chi connectivity index (χ0v) is 26.1. The summed E-state index contributed by atoms with van der Waals surface area (Å²) in [6.07, 6.45) is 8.09. The number of imidazole rings is 1. The van der Waals surface area contributed by atoms with Crippen LogP contribution in [0, 0.1) is 5.82 Å². The van der Waals surface area contributed by atoms with Crippen LogP contribution >= 0.6 is 11.6 Å². The number of allylic oxidation sites excluding steroid dienone is 1. The molecule has 6 rings (SSSR count). The molecule has 1 atom stereocenters. The first-order valence-corrected chi connectivity index (χ1v) is 16.1. The Kier molecular flexibility index (Phi) is 9.68. The molecule has 4 heterocycles. The molecule has 0 spiro atoms. The lowest BCUT2D eigenvalue weighted by Gasteiger charge is -2.33. The number of nitrogen functional groups attached to an aromatic ring is 1. The molecule has 0 bridgehead atoms. The molecule has 0 saturated carbocycles. The number of carboxylic acid groups (broad SMARTS) is 1. The third-order valence-electron chi connectivity index (χ3n) is 7.55. The summed E-state index contributed by atoms with van der Waals surface area (Å²) in [7, 11) is -4.17. The van der Waals surface area contributed by atoms with Crippen molar-refractivity contribution in [3.63, 3.8) is 0 Å². The number of benzene rings is 1. The average molecular weight is 658 g/mol. The van der Waals surface area contributed by atoms with Crippen molar-refractivity contribution in [3.05, 3.63) is 71.2 Å². The van der Waals surface area contributed by atoms with Crippen LogP contribution in [0.2, 0.25) is 5.02 Å². The molecule has 1 fully saturated rings. The smallest absolute Gasteiger partial charge is 0.290 e. The number of carbonyl (C=O) groups is 1. The van der Waals surface area contributed by atoms with Crippen LogP contribution in [-0.4, -0.2) is 64.6 Å². The number of hydrogen-bond acceptors (Lipinski definition) is 9. The van der Waals surface area contributed by atoms with Crippen molar-refractivity contribution in [1.29, 1.82) is 0 Å². The Labute approximate surface area is 264 Å². The molecule has 1 saturated heterocycles. The van der Waals surface area contributed by atoms with Gasteiger partial charge in [-0.15, -0.1) is 0 Å². The highest BCUT2D eigenvalue weighted by molar-refractivity contribution is 7.92. The SMILES string of the molecule is CC(C)c1nc(-c2cnc(NS(=O)(=O)c3ccccc3Cl)c(F)c2)c2c(N)ncc(C3=CCC(NC4COC4)CC3)n12.O=CO. The average Bonchev–Trinajstić information content (AvgIpc) is 3.39. The fourth-order valence-corrected chi connectivity index (χ4v) is 6.89. The zero-order valence-electron chi connectivity index (χ0n) is 24.6. The molecule has 2 aliphatic rings. The van der Waals surface area contributed by atoms with Crippen LogP contribution in [0.5, 0.6) is 0 Å². The van der Waals surface area contributed by atoms with E-state index in [4.69, 9.17) is 37.0 Å². The second kappa shape index (κ2) is 13.5. The Morgan fingerprint density at radius 1 is 1.20 bits per heavy atom. The van der Waals surface area contributed by atoms with E-state index in [-0.39, 0.29) is 28.1 Å². The fourth-order valence-electron chi connectivity index (χ4n) is 5.35. The molecule has 5 N–H and O–H groups in total. The van der Waals surface area contributed by atoms with Gasteiger partial charge in [0, 0.05) is 23.7 Å². The molecule has 4 aromatic rings. The lowest BCUT2D eigenvalue weighted by atomic mass is 9.92. The lowest BCUT2D eigenvalue weighted by Crippen LogP contribution is -2.50. The lowest BCUT2D eigenvalue weighted by molar-refractivity contribution is -0.122. The Morgan fingerprint density at radius 3 is 2.53 bits per heavy atom. The van der Waals surface area contributed by atoms with Crippen LogP contribution in [0.4, 0.5) is 16.0 Å². The normalized spacial score (nSPS) is 16.9. The molecule has 1 aromatic carbocycles. The number of hydrogen-bond donors (Lipinski definition) is 4. The molecule has 0 radical (unpaired) electrons. The van der Waals surface area contributed by atoms with Gasteiger partial charge in [-0.1, -0.05) is 43.7 Å². The largest absolute Gasteiger partial charge is 0.483 e. The number of ether oxygens (including phenoxy) is 1. The molecule has 45 heavy (non-hydrogen) atoms. The number of aromatic nitrogens is 4. The number of nitrogens with one attached hydrogen (secondary N) is 2. The van der Waals surface area contributed by atoms with Crippen molar-refractivity contribution in [1.82, 2.24) is 24.7 Å². The molecule has 0 amide bonds. The summed E-state index contributed by atoms with van der Waals surface area (Å²) in [5.41, 5.74) is 9.75.